The molecule has 0 spiro atoms. The Hall–Kier alpha value is -1.24. The molecule has 0 aromatic carbocycles. The SMILES string of the molecule is C=C(C)CC=CC(=C)CCC(=C)N. The molecule has 0 aliphatic heterocycles. The standard InChI is InChI=1S/C12H19N/c1-10(2)6-5-7-11(3)8-9-12(4)13/h5,7H,1,3-4,6,8-9,13H2,2H3. The zero-order chi connectivity index (χ0) is 10.3. The van der Waals surface area contributed by atoms with Crippen molar-refractivity contribution in [2.75, 3.05) is 0 Å². The number of nitrogens with two attached hydrogens (primary N) is 1. The Labute approximate surface area is 81.3 Å². The molecule has 0 saturated carbocycles. The van der Waals surface area contributed by atoms with E-state index >= 15 is 0 Å². The van der Waals surface area contributed by atoms with Gasteiger partial charge in [-0.15, -0.1) is 0 Å². The van der Waals surface area contributed by atoms with Crippen LogP contribution >= 0.6 is 0 Å². The smallest absolute Gasteiger partial charge is 0.00108 e. The molecule has 0 radical (unpaired) electrons. The molecule has 13 heavy (non-hydrogen) atoms. The van der Waals surface area contributed by atoms with Crippen LogP contribution in [0.5, 0.6) is 0 Å². The lowest BCUT2D eigenvalue weighted by molar-refractivity contribution is 0.938. The minimum absolute atomic E-state index is 0.717. The monoisotopic (exact) mass is 177 g/mol. The van der Waals surface area contributed by atoms with Crippen LogP contribution in [0.3, 0.4) is 0 Å². The van der Waals surface area contributed by atoms with Gasteiger partial charge in [-0.2, -0.15) is 0 Å². The van der Waals surface area contributed by atoms with Crippen molar-refractivity contribution in [2.45, 2.75) is 26.2 Å². The summed E-state index contributed by atoms with van der Waals surface area (Å²) in [4.78, 5) is 0. The molecule has 0 aliphatic carbocycles. The van der Waals surface area contributed by atoms with Crippen molar-refractivity contribution in [1.82, 2.24) is 0 Å². The van der Waals surface area contributed by atoms with Gasteiger partial charge in [-0.25, -0.2) is 0 Å². The normalized spacial score (nSPS) is 10.2. The highest BCUT2D eigenvalue weighted by Gasteiger charge is 1.90. The zero-order valence-electron chi connectivity index (χ0n) is 8.47. The molecular formula is C12H19N. The Balaban J connectivity index is 3.67. The average molecular weight is 177 g/mol. The molecule has 0 bridgehead atoms. The van der Waals surface area contributed by atoms with Crippen molar-refractivity contribution >= 4 is 0 Å². The Morgan fingerprint density at radius 3 is 2.31 bits per heavy atom. The Morgan fingerprint density at radius 1 is 1.23 bits per heavy atom. The Kier molecular flexibility index (Phi) is 5.69. The van der Waals surface area contributed by atoms with Gasteiger partial charge in [0.25, 0.3) is 0 Å². The minimum Gasteiger partial charge on any atom is -0.403 e. The van der Waals surface area contributed by atoms with Crippen LogP contribution in [0, 0.1) is 0 Å². The van der Waals surface area contributed by atoms with Crippen molar-refractivity contribution in [2.24, 2.45) is 5.73 Å². The molecule has 0 amide bonds. The lowest BCUT2D eigenvalue weighted by Gasteiger charge is -1.99. The highest BCUT2D eigenvalue weighted by Crippen LogP contribution is 2.08. The van der Waals surface area contributed by atoms with E-state index in [0.29, 0.717) is 0 Å². The summed E-state index contributed by atoms with van der Waals surface area (Å²) in [5.74, 6) is 0. The second-order valence-corrected chi connectivity index (χ2v) is 3.38. The molecular weight excluding hydrogens is 158 g/mol. The Morgan fingerprint density at radius 2 is 1.85 bits per heavy atom. The molecule has 0 aromatic rings. The van der Waals surface area contributed by atoms with Crippen LogP contribution in [-0.2, 0) is 0 Å². The third-order valence-electron chi connectivity index (χ3n) is 1.59. The maximum Gasteiger partial charge on any atom is 0.00108 e. The molecule has 0 aliphatic rings. The predicted molar refractivity (Wildman–Crippen MR) is 60.3 cm³/mol. The van der Waals surface area contributed by atoms with E-state index in [4.69, 9.17) is 5.73 Å². The van der Waals surface area contributed by atoms with Gasteiger partial charge in [0.15, 0.2) is 0 Å². The van der Waals surface area contributed by atoms with Crippen LogP contribution in [-0.4, -0.2) is 0 Å². The first-order valence-electron chi connectivity index (χ1n) is 4.44. The molecule has 0 saturated heterocycles. The molecule has 0 fully saturated rings. The third-order valence-corrected chi connectivity index (χ3v) is 1.59. The molecule has 0 aromatic heterocycles. The molecule has 0 atom stereocenters. The summed E-state index contributed by atoms with van der Waals surface area (Å²) in [6.45, 7) is 13.4. The fraction of sp³-hybridized carbons (Fsp3) is 0.333. The predicted octanol–water partition coefficient (Wildman–Crippen LogP) is 3.32. The van der Waals surface area contributed by atoms with Crippen molar-refractivity contribution in [3.63, 3.8) is 0 Å². The van der Waals surface area contributed by atoms with E-state index in [2.05, 4.69) is 25.8 Å². The maximum atomic E-state index is 5.44. The van der Waals surface area contributed by atoms with Gasteiger partial charge < -0.3 is 5.73 Å². The first kappa shape index (κ1) is 11.8. The lowest BCUT2D eigenvalue weighted by atomic mass is 10.1. The van der Waals surface area contributed by atoms with E-state index < -0.39 is 0 Å². The van der Waals surface area contributed by atoms with Crippen LogP contribution in [0.25, 0.3) is 0 Å². The van der Waals surface area contributed by atoms with E-state index in [9.17, 15) is 0 Å². The van der Waals surface area contributed by atoms with Crippen LogP contribution < -0.4 is 5.73 Å². The fourth-order valence-electron chi connectivity index (χ4n) is 0.831. The Bertz CT molecular complexity index is 234. The second kappa shape index (κ2) is 6.30. The molecule has 2 N–H and O–H groups in total. The topological polar surface area (TPSA) is 26.0 Å². The number of allylic oxidation sites excluding steroid dienone is 5. The zero-order valence-corrected chi connectivity index (χ0v) is 8.47. The van der Waals surface area contributed by atoms with E-state index in [1.54, 1.807) is 0 Å². The summed E-state index contributed by atoms with van der Waals surface area (Å²) in [5.41, 5.74) is 8.41. The number of rotatable bonds is 6. The highest BCUT2D eigenvalue weighted by atomic mass is 14.5. The van der Waals surface area contributed by atoms with Gasteiger partial charge in [0.2, 0.25) is 0 Å². The van der Waals surface area contributed by atoms with Gasteiger partial charge in [0.05, 0.1) is 0 Å². The first-order valence-corrected chi connectivity index (χ1v) is 4.44. The molecule has 1 heteroatoms. The van der Waals surface area contributed by atoms with Gasteiger partial charge in [0.1, 0.15) is 0 Å². The first-order chi connectivity index (χ1) is 6.02. The quantitative estimate of drug-likeness (QED) is 0.489. The average Bonchev–Trinajstić information content (AvgIpc) is 2.00. The van der Waals surface area contributed by atoms with Gasteiger partial charge in [0, 0.05) is 5.70 Å². The summed E-state index contributed by atoms with van der Waals surface area (Å²) in [7, 11) is 0. The van der Waals surface area contributed by atoms with Crippen molar-refractivity contribution in [3.8, 4) is 0 Å². The van der Waals surface area contributed by atoms with Crippen LogP contribution in [0.1, 0.15) is 26.2 Å². The lowest BCUT2D eigenvalue weighted by Crippen LogP contribution is -1.94. The van der Waals surface area contributed by atoms with Crippen LogP contribution in [0.4, 0.5) is 0 Å². The second-order valence-electron chi connectivity index (χ2n) is 3.38. The summed E-state index contributed by atoms with van der Waals surface area (Å²) >= 11 is 0. The van der Waals surface area contributed by atoms with E-state index in [0.717, 1.165) is 36.1 Å². The highest BCUT2D eigenvalue weighted by molar-refractivity contribution is 5.17. The molecule has 1 nitrogen and oxygen atoms in total. The third kappa shape index (κ3) is 8.67. The summed E-state index contributed by atoms with van der Waals surface area (Å²) in [6.07, 6.45) is 6.72. The maximum absolute atomic E-state index is 5.44. The van der Waals surface area contributed by atoms with Gasteiger partial charge in [-0.3, -0.25) is 0 Å². The van der Waals surface area contributed by atoms with Crippen LogP contribution in [0.15, 0.2) is 48.7 Å². The summed E-state index contributed by atoms with van der Waals surface area (Å²) < 4.78 is 0. The molecule has 72 valence electrons. The number of hydrogen-bond acceptors (Lipinski definition) is 1. The largest absolute Gasteiger partial charge is 0.403 e. The van der Waals surface area contributed by atoms with E-state index in [-0.39, 0.29) is 0 Å². The van der Waals surface area contributed by atoms with Gasteiger partial charge >= 0.3 is 0 Å². The summed E-state index contributed by atoms with van der Waals surface area (Å²) in [5, 5.41) is 0. The minimum atomic E-state index is 0.717. The van der Waals surface area contributed by atoms with E-state index in [1.807, 2.05) is 13.0 Å². The molecule has 0 rings (SSSR count). The van der Waals surface area contributed by atoms with Crippen molar-refractivity contribution < 1.29 is 0 Å². The molecule has 0 unspecified atom stereocenters. The number of hydrogen-bond donors (Lipinski definition) is 1. The summed E-state index contributed by atoms with van der Waals surface area (Å²) in [6, 6.07) is 0. The van der Waals surface area contributed by atoms with Crippen molar-refractivity contribution in [1.29, 1.82) is 0 Å². The van der Waals surface area contributed by atoms with Crippen LogP contribution in [0.2, 0.25) is 0 Å². The van der Waals surface area contributed by atoms with Crippen molar-refractivity contribution in [3.05, 3.63) is 48.7 Å². The molecule has 0 heterocycles. The van der Waals surface area contributed by atoms with E-state index in [1.165, 1.54) is 0 Å². The van der Waals surface area contributed by atoms with Gasteiger partial charge in [-0.05, 0) is 26.2 Å². The van der Waals surface area contributed by atoms with Gasteiger partial charge in [-0.1, -0.05) is 43.0 Å². The fourth-order valence-corrected chi connectivity index (χ4v) is 0.831.